The van der Waals surface area contributed by atoms with E-state index in [9.17, 15) is 4.79 Å². The first-order valence-corrected chi connectivity index (χ1v) is 5.60. The molecule has 2 rings (SSSR count). The molecule has 16 heavy (non-hydrogen) atoms. The molecule has 1 N–H and O–H groups in total. The van der Waals surface area contributed by atoms with Crippen molar-refractivity contribution in [3.05, 3.63) is 23.8 Å². The summed E-state index contributed by atoms with van der Waals surface area (Å²) in [6.45, 7) is 6.67. The van der Waals surface area contributed by atoms with Gasteiger partial charge in [-0.2, -0.15) is 0 Å². The molecule has 0 unspecified atom stereocenters. The van der Waals surface area contributed by atoms with Crippen LogP contribution in [-0.4, -0.2) is 12.5 Å². The van der Waals surface area contributed by atoms with Gasteiger partial charge in [0.15, 0.2) is 6.61 Å². The maximum Gasteiger partial charge on any atom is 0.262 e. The Labute approximate surface area is 95.8 Å². The number of amides is 1. The van der Waals surface area contributed by atoms with Crippen molar-refractivity contribution < 1.29 is 9.53 Å². The Kier molecular flexibility index (Phi) is 2.62. The van der Waals surface area contributed by atoms with Crippen LogP contribution < -0.4 is 10.1 Å². The summed E-state index contributed by atoms with van der Waals surface area (Å²) < 4.78 is 5.32. The Morgan fingerprint density at radius 1 is 1.44 bits per heavy atom. The molecule has 0 fully saturated rings. The minimum Gasteiger partial charge on any atom is -0.482 e. The molecule has 0 saturated carbocycles. The molecule has 0 radical (unpaired) electrons. The Bertz CT molecular complexity index is 424. The molecule has 1 aliphatic rings. The molecule has 3 heteroatoms. The molecule has 0 bridgehead atoms. The van der Waals surface area contributed by atoms with Crippen LogP contribution in [0, 0.1) is 0 Å². The highest BCUT2D eigenvalue weighted by Crippen LogP contribution is 2.34. The topological polar surface area (TPSA) is 38.3 Å². The molecular formula is C13H17NO2. The highest BCUT2D eigenvalue weighted by atomic mass is 16.5. The van der Waals surface area contributed by atoms with Crippen molar-refractivity contribution in [2.45, 2.75) is 32.6 Å². The Hall–Kier alpha value is -1.51. The van der Waals surface area contributed by atoms with E-state index in [2.05, 4.69) is 32.2 Å². The van der Waals surface area contributed by atoms with Crippen molar-refractivity contribution >= 4 is 11.6 Å². The van der Waals surface area contributed by atoms with Crippen molar-refractivity contribution in [3.63, 3.8) is 0 Å². The van der Waals surface area contributed by atoms with Gasteiger partial charge in [-0.3, -0.25) is 4.79 Å². The molecule has 1 aromatic rings. The Morgan fingerprint density at radius 3 is 2.88 bits per heavy atom. The van der Waals surface area contributed by atoms with Crippen LogP contribution in [0.1, 0.15) is 32.8 Å². The van der Waals surface area contributed by atoms with Crippen molar-refractivity contribution in [1.29, 1.82) is 0 Å². The van der Waals surface area contributed by atoms with E-state index in [1.165, 1.54) is 5.56 Å². The van der Waals surface area contributed by atoms with Gasteiger partial charge < -0.3 is 10.1 Å². The molecule has 1 amide bonds. The molecule has 1 aliphatic heterocycles. The lowest BCUT2D eigenvalue weighted by atomic mass is 9.82. The Balaban J connectivity index is 2.38. The molecule has 0 aliphatic carbocycles. The fourth-order valence-electron chi connectivity index (χ4n) is 1.71. The summed E-state index contributed by atoms with van der Waals surface area (Å²) in [5, 5.41) is 2.83. The first-order valence-electron chi connectivity index (χ1n) is 5.60. The number of rotatable bonds is 2. The summed E-state index contributed by atoms with van der Waals surface area (Å²) in [4.78, 5) is 11.2. The standard InChI is InChI=1S/C13H17NO2/c1-4-13(2,3)9-5-6-11-10(7-9)14-12(15)8-16-11/h5-7H,4,8H2,1-3H3,(H,14,15). The average Bonchev–Trinajstić information content (AvgIpc) is 2.28. The first kappa shape index (κ1) is 11.0. The highest BCUT2D eigenvalue weighted by Gasteiger charge is 2.22. The zero-order valence-corrected chi connectivity index (χ0v) is 9.96. The predicted molar refractivity (Wildman–Crippen MR) is 63.9 cm³/mol. The van der Waals surface area contributed by atoms with Crippen LogP contribution in [0.2, 0.25) is 0 Å². The van der Waals surface area contributed by atoms with Crippen LogP contribution >= 0.6 is 0 Å². The quantitative estimate of drug-likeness (QED) is 0.830. The zero-order valence-electron chi connectivity index (χ0n) is 9.96. The SMILES string of the molecule is CCC(C)(C)c1ccc2c(c1)NC(=O)CO2. The maximum absolute atomic E-state index is 11.2. The van der Waals surface area contributed by atoms with Gasteiger partial charge in [0.2, 0.25) is 0 Å². The van der Waals surface area contributed by atoms with E-state index in [4.69, 9.17) is 4.74 Å². The number of hydrogen-bond donors (Lipinski definition) is 1. The van der Waals surface area contributed by atoms with E-state index < -0.39 is 0 Å². The van der Waals surface area contributed by atoms with E-state index in [0.717, 1.165) is 17.9 Å². The van der Waals surface area contributed by atoms with Gasteiger partial charge in [-0.15, -0.1) is 0 Å². The minimum absolute atomic E-state index is 0.0843. The van der Waals surface area contributed by atoms with Gasteiger partial charge in [0.1, 0.15) is 5.75 Å². The van der Waals surface area contributed by atoms with Crippen LogP contribution in [-0.2, 0) is 10.2 Å². The van der Waals surface area contributed by atoms with Gasteiger partial charge in [0, 0.05) is 0 Å². The molecular weight excluding hydrogens is 202 g/mol. The third-order valence-electron chi connectivity index (χ3n) is 3.28. The number of carbonyl (C=O) groups excluding carboxylic acids is 1. The number of ether oxygens (including phenoxy) is 1. The summed E-state index contributed by atoms with van der Waals surface area (Å²) >= 11 is 0. The number of anilines is 1. The minimum atomic E-state index is -0.0843. The van der Waals surface area contributed by atoms with Gasteiger partial charge in [-0.05, 0) is 29.5 Å². The summed E-state index contributed by atoms with van der Waals surface area (Å²) in [5.74, 6) is 0.675. The molecule has 0 spiro atoms. The summed E-state index contributed by atoms with van der Waals surface area (Å²) in [6, 6.07) is 6.01. The van der Waals surface area contributed by atoms with Crippen molar-refractivity contribution in [2.24, 2.45) is 0 Å². The molecule has 1 heterocycles. The van der Waals surface area contributed by atoms with Crippen LogP contribution in [0.5, 0.6) is 5.75 Å². The summed E-state index contributed by atoms with van der Waals surface area (Å²) in [5.41, 5.74) is 2.13. The lowest BCUT2D eigenvalue weighted by Crippen LogP contribution is -2.26. The molecule has 86 valence electrons. The summed E-state index contributed by atoms with van der Waals surface area (Å²) in [7, 11) is 0. The Morgan fingerprint density at radius 2 is 2.19 bits per heavy atom. The molecule has 0 atom stereocenters. The van der Waals surface area contributed by atoms with Gasteiger partial charge in [0.25, 0.3) is 5.91 Å². The normalized spacial score (nSPS) is 15.1. The summed E-state index contributed by atoms with van der Waals surface area (Å²) in [6.07, 6.45) is 1.06. The van der Waals surface area contributed by atoms with Gasteiger partial charge >= 0.3 is 0 Å². The smallest absolute Gasteiger partial charge is 0.262 e. The predicted octanol–water partition coefficient (Wildman–Crippen LogP) is 2.71. The number of nitrogens with one attached hydrogen (secondary N) is 1. The largest absolute Gasteiger partial charge is 0.482 e. The number of hydrogen-bond acceptors (Lipinski definition) is 2. The third-order valence-corrected chi connectivity index (χ3v) is 3.28. The zero-order chi connectivity index (χ0) is 11.8. The van der Waals surface area contributed by atoms with Gasteiger partial charge in [-0.25, -0.2) is 0 Å². The third kappa shape index (κ3) is 1.90. The van der Waals surface area contributed by atoms with Crippen LogP contribution in [0.4, 0.5) is 5.69 Å². The lowest BCUT2D eigenvalue weighted by molar-refractivity contribution is -0.118. The number of benzene rings is 1. The second-order valence-electron chi connectivity index (χ2n) is 4.79. The van der Waals surface area contributed by atoms with Crippen molar-refractivity contribution in [3.8, 4) is 5.75 Å². The molecule has 0 saturated heterocycles. The molecule has 1 aromatic carbocycles. The van der Waals surface area contributed by atoms with Crippen LogP contribution in [0.15, 0.2) is 18.2 Å². The van der Waals surface area contributed by atoms with E-state index in [1.807, 2.05) is 12.1 Å². The number of fused-ring (bicyclic) bond motifs is 1. The van der Waals surface area contributed by atoms with E-state index in [1.54, 1.807) is 0 Å². The van der Waals surface area contributed by atoms with Gasteiger partial charge in [-0.1, -0.05) is 26.8 Å². The fourth-order valence-corrected chi connectivity index (χ4v) is 1.71. The van der Waals surface area contributed by atoms with Crippen LogP contribution in [0.25, 0.3) is 0 Å². The van der Waals surface area contributed by atoms with Crippen LogP contribution in [0.3, 0.4) is 0 Å². The average molecular weight is 219 g/mol. The van der Waals surface area contributed by atoms with Crippen molar-refractivity contribution in [1.82, 2.24) is 0 Å². The van der Waals surface area contributed by atoms with Gasteiger partial charge in [0.05, 0.1) is 5.69 Å². The van der Waals surface area contributed by atoms with Crippen molar-refractivity contribution in [2.75, 3.05) is 11.9 Å². The van der Waals surface area contributed by atoms with E-state index >= 15 is 0 Å². The monoisotopic (exact) mass is 219 g/mol. The van der Waals surface area contributed by atoms with E-state index in [-0.39, 0.29) is 17.9 Å². The molecule has 0 aromatic heterocycles. The second-order valence-corrected chi connectivity index (χ2v) is 4.79. The highest BCUT2D eigenvalue weighted by molar-refractivity contribution is 5.95. The maximum atomic E-state index is 11.2. The van der Waals surface area contributed by atoms with E-state index in [0.29, 0.717) is 0 Å². The second kappa shape index (κ2) is 3.81. The lowest BCUT2D eigenvalue weighted by Gasteiger charge is -2.26. The molecule has 3 nitrogen and oxygen atoms in total. The number of carbonyl (C=O) groups is 1. The fraction of sp³-hybridized carbons (Fsp3) is 0.462. The first-order chi connectivity index (χ1) is 7.53.